The summed E-state index contributed by atoms with van der Waals surface area (Å²) in [6.07, 6.45) is 0. The summed E-state index contributed by atoms with van der Waals surface area (Å²) in [4.78, 5) is 0. The van der Waals surface area contributed by atoms with Crippen LogP contribution in [-0.4, -0.2) is 7.05 Å². The van der Waals surface area contributed by atoms with Crippen molar-refractivity contribution >= 4 is 31.9 Å². The Bertz CT molecular complexity index is 590. The molecule has 0 aromatic heterocycles. The first-order valence-corrected chi connectivity index (χ1v) is 7.24. The van der Waals surface area contributed by atoms with Crippen molar-refractivity contribution in [1.82, 2.24) is 5.32 Å². The molecule has 2 aromatic rings. The SMILES string of the molecule is CNCc1cc(F)cc(Oc2ccc(Br)cc2Br)c1. The van der Waals surface area contributed by atoms with Crippen molar-refractivity contribution in [3.63, 3.8) is 0 Å². The van der Waals surface area contributed by atoms with Crippen LogP contribution in [0.1, 0.15) is 5.56 Å². The van der Waals surface area contributed by atoms with Crippen LogP contribution in [-0.2, 0) is 6.54 Å². The first-order chi connectivity index (χ1) is 9.08. The minimum atomic E-state index is -0.309. The van der Waals surface area contributed by atoms with Crippen LogP contribution < -0.4 is 10.1 Å². The third-order valence-electron chi connectivity index (χ3n) is 2.43. The van der Waals surface area contributed by atoms with Crippen LogP contribution in [0.25, 0.3) is 0 Å². The number of nitrogens with one attached hydrogen (secondary N) is 1. The van der Waals surface area contributed by atoms with Gasteiger partial charge in [0.2, 0.25) is 0 Å². The van der Waals surface area contributed by atoms with Crippen molar-refractivity contribution in [2.75, 3.05) is 7.05 Å². The lowest BCUT2D eigenvalue weighted by Gasteiger charge is -2.10. The molecule has 0 atom stereocenters. The van der Waals surface area contributed by atoms with Gasteiger partial charge in [0.15, 0.2) is 0 Å². The molecule has 19 heavy (non-hydrogen) atoms. The van der Waals surface area contributed by atoms with E-state index in [-0.39, 0.29) is 5.82 Å². The highest BCUT2D eigenvalue weighted by Gasteiger charge is 2.06. The van der Waals surface area contributed by atoms with E-state index < -0.39 is 0 Å². The van der Waals surface area contributed by atoms with Crippen LogP contribution in [0.5, 0.6) is 11.5 Å². The van der Waals surface area contributed by atoms with Gasteiger partial charge in [0.1, 0.15) is 17.3 Å². The molecule has 0 amide bonds. The molecule has 0 aliphatic carbocycles. The van der Waals surface area contributed by atoms with Crippen LogP contribution in [0.3, 0.4) is 0 Å². The van der Waals surface area contributed by atoms with Gasteiger partial charge in [-0.25, -0.2) is 4.39 Å². The topological polar surface area (TPSA) is 21.3 Å². The lowest BCUT2D eigenvalue weighted by molar-refractivity contribution is 0.472. The maximum atomic E-state index is 13.5. The molecule has 1 N–H and O–H groups in total. The van der Waals surface area contributed by atoms with Crippen molar-refractivity contribution in [2.45, 2.75) is 6.54 Å². The fraction of sp³-hybridized carbons (Fsp3) is 0.143. The normalized spacial score (nSPS) is 10.5. The molecule has 100 valence electrons. The minimum absolute atomic E-state index is 0.309. The second-order valence-electron chi connectivity index (χ2n) is 4.00. The zero-order valence-corrected chi connectivity index (χ0v) is 13.4. The second kappa shape index (κ2) is 6.50. The number of hydrogen-bond acceptors (Lipinski definition) is 2. The predicted octanol–water partition coefficient (Wildman–Crippen LogP) is 4.86. The Morgan fingerprint density at radius 1 is 1.16 bits per heavy atom. The Kier molecular flexibility index (Phi) is 4.96. The Hall–Kier alpha value is -0.910. The molecule has 0 unspecified atom stereocenters. The lowest BCUT2D eigenvalue weighted by Crippen LogP contribution is -2.05. The van der Waals surface area contributed by atoms with Crippen LogP contribution in [0.15, 0.2) is 45.3 Å². The summed E-state index contributed by atoms with van der Waals surface area (Å²) < 4.78 is 20.9. The smallest absolute Gasteiger partial charge is 0.141 e. The maximum Gasteiger partial charge on any atom is 0.141 e. The molecule has 0 aliphatic rings. The molecule has 0 saturated carbocycles. The highest BCUT2D eigenvalue weighted by molar-refractivity contribution is 9.11. The fourth-order valence-electron chi connectivity index (χ4n) is 1.67. The summed E-state index contributed by atoms with van der Waals surface area (Å²) in [5.74, 6) is 0.813. The molecule has 0 fully saturated rings. The molecule has 2 aromatic carbocycles. The van der Waals surface area contributed by atoms with Crippen molar-refractivity contribution in [2.24, 2.45) is 0 Å². The van der Waals surface area contributed by atoms with Gasteiger partial charge in [-0.05, 0) is 58.9 Å². The zero-order chi connectivity index (χ0) is 13.8. The highest BCUT2D eigenvalue weighted by atomic mass is 79.9. The van der Waals surface area contributed by atoms with E-state index in [1.54, 1.807) is 0 Å². The second-order valence-corrected chi connectivity index (χ2v) is 5.77. The Morgan fingerprint density at radius 3 is 2.63 bits per heavy atom. The van der Waals surface area contributed by atoms with Gasteiger partial charge in [0, 0.05) is 17.1 Å². The summed E-state index contributed by atoms with van der Waals surface area (Å²) in [6.45, 7) is 0.593. The number of benzene rings is 2. The van der Waals surface area contributed by atoms with Crippen molar-refractivity contribution in [3.8, 4) is 11.5 Å². The van der Waals surface area contributed by atoms with Gasteiger partial charge in [-0.3, -0.25) is 0 Å². The molecule has 0 aliphatic heterocycles. The Morgan fingerprint density at radius 2 is 1.95 bits per heavy atom. The molecule has 0 bridgehead atoms. The number of rotatable bonds is 4. The maximum absolute atomic E-state index is 13.5. The van der Waals surface area contributed by atoms with Crippen LogP contribution in [0, 0.1) is 5.82 Å². The van der Waals surface area contributed by atoms with E-state index >= 15 is 0 Å². The van der Waals surface area contributed by atoms with Gasteiger partial charge in [-0.2, -0.15) is 0 Å². The van der Waals surface area contributed by atoms with E-state index in [9.17, 15) is 4.39 Å². The number of hydrogen-bond donors (Lipinski definition) is 1. The van der Waals surface area contributed by atoms with Gasteiger partial charge in [0.25, 0.3) is 0 Å². The number of halogens is 3. The molecule has 5 heteroatoms. The zero-order valence-electron chi connectivity index (χ0n) is 10.2. The van der Waals surface area contributed by atoms with E-state index in [2.05, 4.69) is 37.2 Å². The predicted molar refractivity (Wildman–Crippen MR) is 81.1 cm³/mol. The van der Waals surface area contributed by atoms with Crippen LogP contribution >= 0.6 is 31.9 Å². The van der Waals surface area contributed by atoms with E-state index in [0.717, 1.165) is 14.5 Å². The molecular formula is C14H12Br2FNO. The Balaban J connectivity index is 2.27. The lowest BCUT2D eigenvalue weighted by atomic mass is 10.2. The average Bonchev–Trinajstić information content (AvgIpc) is 2.32. The quantitative estimate of drug-likeness (QED) is 0.807. The highest BCUT2D eigenvalue weighted by Crippen LogP contribution is 2.32. The van der Waals surface area contributed by atoms with Crippen molar-refractivity contribution in [1.29, 1.82) is 0 Å². The van der Waals surface area contributed by atoms with Crippen molar-refractivity contribution < 1.29 is 9.13 Å². The van der Waals surface area contributed by atoms with E-state index in [1.165, 1.54) is 12.1 Å². The van der Waals surface area contributed by atoms with Crippen molar-refractivity contribution in [3.05, 3.63) is 56.7 Å². The van der Waals surface area contributed by atoms with Crippen LogP contribution in [0.4, 0.5) is 4.39 Å². The van der Waals surface area contributed by atoms with Gasteiger partial charge >= 0.3 is 0 Å². The third-order valence-corrected chi connectivity index (χ3v) is 3.55. The number of ether oxygens (including phenoxy) is 1. The van der Waals surface area contributed by atoms with Gasteiger partial charge in [-0.15, -0.1) is 0 Å². The van der Waals surface area contributed by atoms with Gasteiger partial charge in [-0.1, -0.05) is 15.9 Å². The summed E-state index contributed by atoms with van der Waals surface area (Å²) >= 11 is 6.78. The van der Waals surface area contributed by atoms with E-state index in [0.29, 0.717) is 18.0 Å². The average molecular weight is 389 g/mol. The first kappa shape index (κ1) is 14.5. The third kappa shape index (κ3) is 4.03. The summed E-state index contributed by atoms with van der Waals surface area (Å²) in [7, 11) is 1.82. The fourth-order valence-corrected chi connectivity index (χ4v) is 2.80. The molecule has 2 rings (SSSR count). The molecular weight excluding hydrogens is 377 g/mol. The minimum Gasteiger partial charge on any atom is -0.456 e. The van der Waals surface area contributed by atoms with Gasteiger partial charge < -0.3 is 10.1 Å². The Labute approximate surface area is 128 Å². The first-order valence-electron chi connectivity index (χ1n) is 5.65. The molecule has 0 radical (unpaired) electrons. The summed E-state index contributed by atoms with van der Waals surface area (Å²) in [5.41, 5.74) is 0.839. The summed E-state index contributed by atoms with van der Waals surface area (Å²) in [5, 5.41) is 2.98. The molecule has 0 saturated heterocycles. The van der Waals surface area contributed by atoms with Crippen LogP contribution in [0.2, 0.25) is 0 Å². The standard InChI is InChI=1S/C14H12Br2FNO/c1-18-8-9-4-11(17)7-12(5-9)19-14-3-2-10(15)6-13(14)16/h2-7,18H,8H2,1H3. The largest absolute Gasteiger partial charge is 0.456 e. The molecule has 0 spiro atoms. The van der Waals surface area contributed by atoms with Gasteiger partial charge in [0.05, 0.1) is 4.47 Å². The van der Waals surface area contributed by atoms with E-state index in [4.69, 9.17) is 4.74 Å². The molecule has 0 heterocycles. The summed E-state index contributed by atoms with van der Waals surface area (Å²) in [6, 6.07) is 10.2. The monoisotopic (exact) mass is 387 g/mol. The van der Waals surface area contributed by atoms with E-state index in [1.807, 2.05) is 31.3 Å². The molecule has 2 nitrogen and oxygen atoms in total.